The van der Waals surface area contributed by atoms with Crippen LogP contribution in [0.25, 0.3) is 0 Å². The zero-order valence-corrected chi connectivity index (χ0v) is 13.3. The number of amides is 1. The molecule has 0 aliphatic heterocycles. The van der Waals surface area contributed by atoms with E-state index in [-0.39, 0.29) is 11.9 Å². The number of hydrogen-bond donors (Lipinski definition) is 2. The molecule has 1 aromatic rings. The fraction of sp³-hybridized carbons (Fsp3) is 0.588. The second-order valence-corrected chi connectivity index (χ2v) is 5.32. The molecule has 0 radical (unpaired) electrons. The van der Waals surface area contributed by atoms with E-state index in [1.165, 1.54) is 0 Å². The largest absolute Gasteiger partial charge is 0.385 e. The normalized spacial score (nSPS) is 12.0. The van der Waals surface area contributed by atoms with E-state index in [0.29, 0.717) is 0 Å². The third-order valence-electron chi connectivity index (χ3n) is 3.52. The number of carbonyl (C=O) groups excluding carboxylic acids is 1. The van der Waals surface area contributed by atoms with Crippen LogP contribution in [0.2, 0.25) is 0 Å². The van der Waals surface area contributed by atoms with Gasteiger partial charge in [-0.05, 0) is 49.9 Å². The van der Waals surface area contributed by atoms with Crippen LogP contribution < -0.4 is 10.6 Å². The van der Waals surface area contributed by atoms with Crippen molar-refractivity contribution in [2.75, 3.05) is 11.9 Å². The minimum atomic E-state index is 0.0374. The van der Waals surface area contributed by atoms with Gasteiger partial charge in [0.2, 0.25) is 0 Å². The standard InChI is InChI=1S/C17H28N2O/c1-5-8-15(7-3)19-17(20)14-9-10-16(13(4)12-14)18-11-6-2/h9-10,12,15,18H,5-8,11H2,1-4H3,(H,19,20). The maximum Gasteiger partial charge on any atom is 0.251 e. The number of anilines is 1. The van der Waals surface area contributed by atoms with Crippen LogP contribution in [0.15, 0.2) is 18.2 Å². The third-order valence-corrected chi connectivity index (χ3v) is 3.52. The summed E-state index contributed by atoms with van der Waals surface area (Å²) in [4.78, 5) is 12.2. The molecule has 1 aromatic carbocycles. The average Bonchev–Trinajstić information content (AvgIpc) is 2.45. The molecular formula is C17H28N2O. The zero-order valence-electron chi connectivity index (χ0n) is 13.3. The van der Waals surface area contributed by atoms with E-state index in [2.05, 4.69) is 31.4 Å². The van der Waals surface area contributed by atoms with Crippen LogP contribution in [0.4, 0.5) is 5.69 Å². The molecular weight excluding hydrogens is 248 g/mol. The third kappa shape index (κ3) is 4.87. The van der Waals surface area contributed by atoms with Crippen LogP contribution in [0.5, 0.6) is 0 Å². The zero-order chi connectivity index (χ0) is 15.0. The highest BCUT2D eigenvalue weighted by molar-refractivity contribution is 5.95. The smallest absolute Gasteiger partial charge is 0.251 e. The molecule has 0 saturated heterocycles. The molecule has 0 aliphatic rings. The minimum absolute atomic E-state index is 0.0374. The van der Waals surface area contributed by atoms with Gasteiger partial charge in [-0.3, -0.25) is 4.79 Å². The molecule has 112 valence electrons. The number of carbonyl (C=O) groups is 1. The Labute approximate surface area is 123 Å². The highest BCUT2D eigenvalue weighted by atomic mass is 16.1. The molecule has 3 nitrogen and oxygen atoms in total. The fourth-order valence-corrected chi connectivity index (χ4v) is 2.26. The molecule has 20 heavy (non-hydrogen) atoms. The van der Waals surface area contributed by atoms with Crippen molar-refractivity contribution in [2.45, 2.75) is 59.4 Å². The van der Waals surface area contributed by atoms with Gasteiger partial charge >= 0.3 is 0 Å². The molecule has 3 heteroatoms. The predicted octanol–water partition coefficient (Wildman–Crippen LogP) is 4.13. The Kier molecular flexibility index (Phi) is 7.13. The Morgan fingerprint density at radius 2 is 1.95 bits per heavy atom. The van der Waals surface area contributed by atoms with Crippen molar-refractivity contribution in [3.63, 3.8) is 0 Å². The minimum Gasteiger partial charge on any atom is -0.385 e. The van der Waals surface area contributed by atoms with Crippen molar-refractivity contribution in [3.05, 3.63) is 29.3 Å². The molecule has 1 rings (SSSR count). The molecule has 0 heterocycles. The van der Waals surface area contributed by atoms with E-state index in [1.807, 2.05) is 25.1 Å². The summed E-state index contributed by atoms with van der Waals surface area (Å²) in [5, 5.41) is 6.48. The van der Waals surface area contributed by atoms with Gasteiger partial charge in [-0.1, -0.05) is 27.2 Å². The predicted molar refractivity (Wildman–Crippen MR) is 86.4 cm³/mol. The number of nitrogens with one attached hydrogen (secondary N) is 2. The van der Waals surface area contributed by atoms with Crippen molar-refractivity contribution in [3.8, 4) is 0 Å². The molecule has 1 amide bonds. The molecule has 0 saturated carbocycles. The van der Waals surface area contributed by atoms with Crippen molar-refractivity contribution in [2.24, 2.45) is 0 Å². The summed E-state index contributed by atoms with van der Waals surface area (Å²) in [6.07, 6.45) is 4.21. The lowest BCUT2D eigenvalue weighted by Gasteiger charge is -2.17. The maximum absolute atomic E-state index is 12.2. The quantitative estimate of drug-likeness (QED) is 0.749. The summed E-state index contributed by atoms with van der Waals surface area (Å²) < 4.78 is 0. The van der Waals surface area contributed by atoms with Crippen molar-refractivity contribution >= 4 is 11.6 Å². The van der Waals surface area contributed by atoms with Gasteiger partial charge in [0.1, 0.15) is 0 Å². The lowest BCUT2D eigenvalue weighted by molar-refractivity contribution is 0.0933. The van der Waals surface area contributed by atoms with Gasteiger partial charge < -0.3 is 10.6 Å². The number of benzene rings is 1. The first-order valence-electron chi connectivity index (χ1n) is 7.77. The maximum atomic E-state index is 12.2. The SMILES string of the molecule is CCCNc1ccc(C(=O)NC(CC)CCC)cc1C. The lowest BCUT2D eigenvalue weighted by atomic mass is 10.1. The van der Waals surface area contributed by atoms with E-state index < -0.39 is 0 Å². The van der Waals surface area contributed by atoms with E-state index in [0.717, 1.165) is 49.0 Å². The lowest BCUT2D eigenvalue weighted by Crippen LogP contribution is -2.34. The Balaban J connectivity index is 2.71. The number of rotatable bonds is 8. The molecule has 0 spiro atoms. The summed E-state index contributed by atoms with van der Waals surface area (Å²) in [5.74, 6) is 0.0374. The average molecular weight is 276 g/mol. The van der Waals surface area contributed by atoms with Gasteiger partial charge in [0.25, 0.3) is 5.91 Å². The van der Waals surface area contributed by atoms with Crippen LogP contribution in [-0.4, -0.2) is 18.5 Å². The van der Waals surface area contributed by atoms with Gasteiger partial charge in [0.15, 0.2) is 0 Å². The van der Waals surface area contributed by atoms with Crippen LogP contribution in [0.3, 0.4) is 0 Å². The first-order chi connectivity index (χ1) is 9.62. The summed E-state index contributed by atoms with van der Waals surface area (Å²) in [7, 11) is 0. The Morgan fingerprint density at radius 3 is 2.50 bits per heavy atom. The monoisotopic (exact) mass is 276 g/mol. The van der Waals surface area contributed by atoms with E-state index in [1.54, 1.807) is 0 Å². The van der Waals surface area contributed by atoms with E-state index >= 15 is 0 Å². The molecule has 0 fully saturated rings. The Morgan fingerprint density at radius 1 is 1.20 bits per heavy atom. The number of aryl methyl sites for hydroxylation is 1. The molecule has 2 N–H and O–H groups in total. The van der Waals surface area contributed by atoms with Gasteiger partial charge in [-0.2, -0.15) is 0 Å². The first kappa shape index (κ1) is 16.5. The van der Waals surface area contributed by atoms with Crippen molar-refractivity contribution < 1.29 is 4.79 Å². The fourth-order valence-electron chi connectivity index (χ4n) is 2.26. The van der Waals surface area contributed by atoms with Gasteiger partial charge in [0.05, 0.1) is 0 Å². The van der Waals surface area contributed by atoms with Crippen molar-refractivity contribution in [1.82, 2.24) is 5.32 Å². The highest BCUT2D eigenvalue weighted by Crippen LogP contribution is 2.17. The molecule has 0 bridgehead atoms. The highest BCUT2D eigenvalue weighted by Gasteiger charge is 2.12. The van der Waals surface area contributed by atoms with E-state index in [4.69, 9.17) is 0 Å². The van der Waals surface area contributed by atoms with E-state index in [9.17, 15) is 4.79 Å². The van der Waals surface area contributed by atoms with Crippen molar-refractivity contribution in [1.29, 1.82) is 0 Å². The van der Waals surface area contributed by atoms with Crippen LogP contribution in [0.1, 0.15) is 62.4 Å². The summed E-state index contributed by atoms with van der Waals surface area (Å²) in [6, 6.07) is 6.15. The second kappa shape index (κ2) is 8.62. The van der Waals surface area contributed by atoms with Gasteiger partial charge in [-0.25, -0.2) is 0 Å². The topological polar surface area (TPSA) is 41.1 Å². The van der Waals surface area contributed by atoms with Gasteiger partial charge in [0, 0.05) is 23.8 Å². The number of hydrogen-bond acceptors (Lipinski definition) is 2. The van der Waals surface area contributed by atoms with Crippen LogP contribution in [-0.2, 0) is 0 Å². The van der Waals surface area contributed by atoms with Crippen LogP contribution >= 0.6 is 0 Å². The second-order valence-electron chi connectivity index (χ2n) is 5.32. The Hall–Kier alpha value is -1.51. The molecule has 0 aliphatic carbocycles. The summed E-state index contributed by atoms with van der Waals surface area (Å²) >= 11 is 0. The van der Waals surface area contributed by atoms with Crippen LogP contribution in [0, 0.1) is 6.92 Å². The summed E-state index contributed by atoms with van der Waals surface area (Å²) in [6.45, 7) is 9.40. The van der Waals surface area contributed by atoms with Gasteiger partial charge in [-0.15, -0.1) is 0 Å². The molecule has 0 aromatic heterocycles. The Bertz CT molecular complexity index is 429. The molecule has 1 unspecified atom stereocenters. The summed E-state index contributed by atoms with van der Waals surface area (Å²) in [5.41, 5.74) is 2.98. The first-order valence-corrected chi connectivity index (χ1v) is 7.77. The molecule has 1 atom stereocenters.